The van der Waals surface area contributed by atoms with E-state index in [4.69, 9.17) is 4.42 Å². The lowest BCUT2D eigenvalue weighted by Crippen LogP contribution is -2.47. The zero-order valence-corrected chi connectivity index (χ0v) is 14.4. The maximum atomic E-state index is 12.7. The molecule has 3 rings (SSSR count). The third kappa shape index (κ3) is 3.56. The highest BCUT2D eigenvalue weighted by Gasteiger charge is 2.26. The van der Waals surface area contributed by atoms with Gasteiger partial charge in [0.2, 0.25) is 0 Å². The van der Waals surface area contributed by atoms with Crippen LogP contribution in [0.4, 0.5) is 4.79 Å². The molecule has 1 fully saturated rings. The summed E-state index contributed by atoms with van der Waals surface area (Å²) in [6.07, 6.45) is 2.98. The number of aliphatic hydroxyl groups excluding tert-OH is 1. The normalized spacial score (nSPS) is 22.3. The number of hydrogen-bond acceptors (Lipinski definition) is 3. The number of rotatable bonds is 4. The minimum absolute atomic E-state index is 0.0631. The Morgan fingerprint density at radius 1 is 1.33 bits per heavy atom. The van der Waals surface area contributed by atoms with Crippen molar-refractivity contribution in [2.75, 3.05) is 6.54 Å². The van der Waals surface area contributed by atoms with E-state index in [0.29, 0.717) is 6.54 Å². The predicted molar refractivity (Wildman–Crippen MR) is 93.8 cm³/mol. The fraction of sp³-hybridized carbons (Fsp3) is 0.526. The lowest BCUT2D eigenvalue weighted by atomic mass is 9.93. The molecule has 130 valence electrons. The summed E-state index contributed by atoms with van der Waals surface area (Å²) in [5.74, 6) is 0.798. The van der Waals surface area contributed by atoms with Crippen LogP contribution in [0.25, 0.3) is 11.0 Å². The zero-order valence-electron chi connectivity index (χ0n) is 14.4. The predicted octanol–water partition coefficient (Wildman–Crippen LogP) is 3.83. The molecule has 1 saturated carbocycles. The molecule has 0 bridgehead atoms. The molecule has 0 spiro atoms. The molecule has 0 saturated heterocycles. The minimum Gasteiger partial charge on any atom is -0.459 e. The summed E-state index contributed by atoms with van der Waals surface area (Å²) in [7, 11) is 0. The van der Waals surface area contributed by atoms with Gasteiger partial charge in [0.1, 0.15) is 11.3 Å². The Hall–Kier alpha value is -2.01. The monoisotopic (exact) mass is 330 g/mol. The molecule has 5 heteroatoms. The van der Waals surface area contributed by atoms with Gasteiger partial charge >= 0.3 is 6.03 Å². The molecular weight excluding hydrogens is 304 g/mol. The van der Waals surface area contributed by atoms with E-state index in [-0.39, 0.29) is 24.2 Å². The second-order valence-corrected chi connectivity index (χ2v) is 6.60. The van der Waals surface area contributed by atoms with Gasteiger partial charge in [0.15, 0.2) is 0 Å². The zero-order chi connectivity index (χ0) is 17.1. The lowest BCUT2D eigenvalue weighted by molar-refractivity contribution is 0.113. The van der Waals surface area contributed by atoms with Crippen molar-refractivity contribution in [1.29, 1.82) is 0 Å². The summed E-state index contributed by atoms with van der Waals surface area (Å²) in [4.78, 5) is 14.5. The molecule has 1 aliphatic carbocycles. The van der Waals surface area contributed by atoms with Gasteiger partial charge in [0.05, 0.1) is 12.1 Å². The molecule has 24 heavy (non-hydrogen) atoms. The van der Waals surface area contributed by atoms with Crippen LogP contribution >= 0.6 is 0 Å². The summed E-state index contributed by atoms with van der Waals surface area (Å²) in [5.41, 5.74) is 0.845. The van der Waals surface area contributed by atoms with E-state index in [1.165, 1.54) is 0 Å². The van der Waals surface area contributed by atoms with Gasteiger partial charge in [-0.05, 0) is 51.7 Å². The Kier molecular flexibility index (Phi) is 5.09. The molecule has 5 nitrogen and oxygen atoms in total. The van der Waals surface area contributed by atoms with E-state index < -0.39 is 0 Å². The number of hydrogen-bond donors (Lipinski definition) is 2. The first-order valence-corrected chi connectivity index (χ1v) is 8.82. The van der Waals surface area contributed by atoms with Gasteiger partial charge in [-0.25, -0.2) is 4.79 Å². The Balaban J connectivity index is 1.68. The third-order valence-corrected chi connectivity index (χ3v) is 4.95. The average molecular weight is 330 g/mol. The van der Waals surface area contributed by atoms with Crippen molar-refractivity contribution in [1.82, 2.24) is 10.2 Å². The Bertz CT molecular complexity index is 656. The second-order valence-electron chi connectivity index (χ2n) is 6.60. The number of urea groups is 1. The van der Waals surface area contributed by atoms with Crippen molar-refractivity contribution in [2.24, 2.45) is 0 Å². The number of carbonyl (C=O) groups is 1. The van der Waals surface area contributed by atoms with E-state index in [9.17, 15) is 9.90 Å². The molecule has 1 heterocycles. The van der Waals surface area contributed by atoms with Crippen LogP contribution in [0, 0.1) is 0 Å². The Morgan fingerprint density at radius 2 is 2.04 bits per heavy atom. The number of nitrogens with zero attached hydrogens (tertiary/aromatic N) is 1. The number of furan rings is 1. The van der Waals surface area contributed by atoms with Crippen molar-refractivity contribution in [2.45, 2.75) is 57.7 Å². The van der Waals surface area contributed by atoms with Gasteiger partial charge < -0.3 is 19.7 Å². The number of para-hydroxylation sites is 1. The van der Waals surface area contributed by atoms with Gasteiger partial charge in [-0.3, -0.25) is 0 Å². The van der Waals surface area contributed by atoms with Gasteiger partial charge in [-0.1, -0.05) is 18.2 Å². The quantitative estimate of drug-likeness (QED) is 0.895. The first kappa shape index (κ1) is 16.8. The van der Waals surface area contributed by atoms with Crippen molar-refractivity contribution in [3.63, 3.8) is 0 Å². The van der Waals surface area contributed by atoms with Gasteiger partial charge in [-0.2, -0.15) is 0 Å². The molecule has 1 aromatic heterocycles. The average Bonchev–Trinajstić information content (AvgIpc) is 3.01. The van der Waals surface area contributed by atoms with Crippen molar-refractivity contribution in [3.05, 3.63) is 36.1 Å². The standard InChI is InChI=1S/C19H26N2O3/c1-3-21(19(23)20-15-8-10-16(22)11-9-15)13(2)18-12-14-6-4-5-7-17(14)24-18/h4-7,12-13,15-16,22H,3,8-11H2,1-2H3,(H,20,23)/t13-,15?,16?/m0/s1. The lowest BCUT2D eigenvalue weighted by Gasteiger charge is -2.31. The van der Waals surface area contributed by atoms with E-state index in [1.807, 2.05) is 44.2 Å². The highest BCUT2D eigenvalue weighted by molar-refractivity contribution is 5.78. The van der Waals surface area contributed by atoms with E-state index in [2.05, 4.69) is 5.32 Å². The van der Waals surface area contributed by atoms with Crippen molar-refractivity contribution in [3.8, 4) is 0 Å². The first-order chi connectivity index (χ1) is 11.6. The highest BCUT2D eigenvalue weighted by Crippen LogP contribution is 2.27. The van der Waals surface area contributed by atoms with Crippen molar-refractivity contribution >= 4 is 17.0 Å². The van der Waals surface area contributed by atoms with E-state index in [1.54, 1.807) is 4.90 Å². The SMILES string of the molecule is CCN(C(=O)NC1CCC(O)CC1)[C@@H](C)c1cc2ccccc2o1. The summed E-state index contributed by atoms with van der Waals surface area (Å²) >= 11 is 0. The Labute approximate surface area is 142 Å². The first-order valence-electron chi connectivity index (χ1n) is 8.82. The van der Waals surface area contributed by atoms with Crippen LogP contribution < -0.4 is 5.32 Å². The minimum atomic E-state index is -0.213. The van der Waals surface area contributed by atoms with Crippen LogP contribution in [0.3, 0.4) is 0 Å². The molecular formula is C19H26N2O3. The topological polar surface area (TPSA) is 65.7 Å². The summed E-state index contributed by atoms with van der Waals surface area (Å²) in [6, 6.07) is 9.85. The van der Waals surface area contributed by atoms with Crippen LogP contribution in [0.1, 0.15) is 51.3 Å². The van der Waals surface area contributed by atoms with Crippen LogP contribution in [-0.2, 0) is 0 Å². The largest absolute Gasteiger partial charge is 0.459 e. The van der Waals surface area contributed by atoms with Crippen molar-refractivity contribution < 1.29 is 14.3 Å². The maximum absolute atomic E-state index is 12.7. The summed E-state index contributed by atoms with van der Waals surface area (Å²) < 4.78 is 5.91. The second kappa shape index (κ2) is 7.26. The molecule has 2 N–H and O–H groups in total. The van der Waals surface area contributed by atoms with Crippen LogP contribution in [0.5, 0.6) is 0 Å². The van der Waals surface area contributed by atoms with Crippen LogP contribution in [0.15, 0.2) is 34.7 Å². The van der Waals surface area contributed by atoms with Gasteiger partial charge in [0.25, 0.3) is 0 Å². The van der Waals surface area contributed by atoms with Crippen LogP contribution in [-0.4, -0.2) is 34.7 Å². The van der Waals surface area contributed by atoms with Gasteiger partial charge in [0, 0.05) is 18.0 Å². The molecule has 0 aliphatic heterocycles. The number of carbonyl (C=O) groups excluding carboxylic acids is 1. The summed E-state index contributed by atoms with van der Waals surface area (Å²) in [6.45, 7) is 4.58. The molecule has 2 aromatic rings. The van der Waals surface area contributed by atoms with E-state index >= 15 is 0 Å². The maximum Gasteiger partial charge on any atom is 0.318 e. The molecule has 1 atom stereocenters. The highest BCUT2D eigenvalue weighted by atomic mass is 16.3. The number of benzene rings is 1. The Morgan fingerprint density at radius 3 is 2.71 bits per heavy atom. The number of aliphatic hydroxyl groups is 1. The number of amides is 2. The number of nitrogens with one attached hydrogen (secondary N) is 1. The molecule has 0 radical (unpaired) electrons. The third-order valence-electron chi connectivity index (χ3n) is 4.95. The van der Waals surface area contributed by atoms with Crippen LogP contribution in [0.2, 0.25) is 0 Å². The van der Waals surface area contributed by atoms with E-state index in [0.717, 1.165) is 42.4 Å². The fourth-order valence-electron chi connectivity index (χ4n) is 3.43. The molecule has 0 unspecified atom stereocenters. The smallest absolute Gasteiger partial charge is 0.318 e. The number of fused-ring (bicyclic) bond motifs is 1. The molecule has 1 aliphatic rings. The molecule has 2 amide bonds. The summed E-state index contributed by atoms with van der Waals surface area (Å²) in [5, 5.41) is 13.7. The molecule has 1 aromatic carbocycles. The van der Waals surface area contributed by atoms with Gasteiger partial charge in [-0.15, -0.1) is 0 Å². The fourth-order valence-corrected chi connectivity index (χ4v) is 3.43.